The summed E-state index contributed by atoms with van der Waals surface area (Å²) in [5, 5.41) is 0. The molecule has 0 radical (unpaired) electrons. The lowest BCUT2D eigenvalue weighted by atomic mass is 10.7. The van der Waals surface area contributed by atoms with Crippen LogP contribution in [0.15, 0.2) is 0 Å². The van der Waals surface area contributed by atoms with Crippen LogP contribution in [0, 0.1) is 0 Å². The SMILES string of the molecule is CCOCCS(=O)(=O)NCCOCCN. The zero-order valence-electron chi connectivity index (χ0n) is 9.07. The van der Waals surface area contributed by atoms with Gasteiger partial charge in [-0.1, -0.05) is 0 Å². The maximum atomic E-state index is 11.3. The van der Waals surface area contributed by atoms with E-state index in [9.17, 15) is 8.42 Å². The quantitative estimate of drug-likeness (QED) is 0.474. The summed E-state index contributed by atoms with van der Waals surface area (Å²) in [5.74, 6) is -0.0161. The molecular formula is C8H20N2O4S. The van der Waals surface area contributed by atoms with E-state index in [1.54, 1.807) is 0 Å². The highest BCUT2D eigenvalue weighted by Gasteiger charge is 2.08. The molecule has 0 aromatic rings. The van der Waals surface area contributed by atoms with E-state index in [4.69, 9.17) is 15.2 Å². The minimum atomic E-state index is -3.23. The molecule has 0 aliphatic heterocycles. The van der Waals surface area contributed by atoms with Gasteiger partial charge in [0.2, 0.25) is 10.0 Å². The second-order valence-electron chi connectivity index (χ2n) is 2.81. The van der Waals surface area contributed by atoms with Crippen molar-refractivity contribution in [2.45, 2.75) is 6.92 Å². The van der Waals surface area contributed by atoms with Gasteiger partial charge in [-0.05, 0) is 6.92 Å². The largest absolute Gasteiger partial charge is 0.381 e. The zero-order valence-corrected chi connectivity index (χ0v) is 9.88. The molecule has 0 unspecified atom stereocenters. The molecule has 7 heteroatoms. The number of rotatable bonds is 10. The van der Waals surface area contributed by atoms with Crippen LogP contribution in [-0.2, 0) is 19.5 Å². The number of ether oxygens (including phenoxy) is 2. The molecule has 0 aromatic carbocycles. The Morgan fingerprint density at radius 1 is 1.20 bits per heavy atom. The predicted octanol–water partition coefficient (Wildman–Crippen LogP) is -1.08. The van der Waals surface area contributed by atoms with Gasteiger partial charge in [0.25, 0.3) is 0 Å². The average Bonchev–Trinajstić information content (AvgIpc) is 2.17. The summed E-state index contributed by atoms with van der Waals surface area (Å²) < 4.78 is 34.9. The van der Waals surface area contributed by atoms with Gasteiger partial charge < -0.3 is 15.2 Å². The van der Waals surface area contributed by atoms with Crippen molar-refractivity contribution in [3.63, 3.8) is 0 Å². The van der Waals surface area contributed by atoms with E-state index >= 15 is 0 Å². The first-order chi connectivity index (χ1) is 7.12. The summed E-state index contributed by atoms with van der Waals surface area (Å²) >= 11 is 0. The highest BCUT2D eigenvalue weighted by atomic mass is 32.2. The smallest absolute Gasteiger partial charge is 0.213 e. The van der Waals surface area contributed by atoms with Crippen molar-refractivity contribution in [2.24, 2.45) is 5.73 Å². The van der Waals surface area contributed by atoms with E-state index in [1.807, 2.05) is 6.92 Å². The van der Waals surface area contributed by atoms with E-state index in [0.29, 0.717) is 26.4 Å². The number of sulfonamides is 1. The number of hydrogen-bond acceptors (Lipinski definition) is 5. The van der Waals surface area contributed by atoms with Crippen LogP contribution in [0.2, 0.25) is 0 Å². The van der Waals surface area contributed by atoms with E-state index in [-0.39, 0.29) is 18.9 Å². The third-order valence-electron chi connectivity index (χ3n) is 1.53. The zero-order chi connectivity index (χ0) is 11.6. The van der Waals surface area contributed by atoms with Crippen LogP contribution in [0.3, 0.4) is 0 Å². The predicted molar refractivity (Wildman–Crippen MR) is 58.2 cm³/mol. The van der Waals surface area contributed by atoms with Crippen LogP contribution in [0.1, 0.15) is 6.92 Å². The van der Waals surface area contributed by atoms with Gasteiger partial charge in [0.15, 0.2) is 0 Å². The molecule has 0 amide bonds. The Labute approximate surface area is 91.2 Å². The summed E-state index contributed by atoms with van der Waals surface area (Å²) in [6.07, 6.45) is 0. The van der Waals surface area contributed by atoms with Gasteiger partial charge in [-0.25, -0.2) is 13.1 Å². The van der Waals surface area contributed by atoms with Crippen LogP contribution in [0.4, 0.5) is 0 Å². The second-order valence-corrected chi connectivity index (χ2v) is 4.74. The number of nitrogens with two attached hydrogens (primary N) is 1. The van der Waals surface area contributed by atoms with Gasteiger partial charge >= 0.3 is 0 Å². The van der Waals surface area contributed by atoms with Crippen LogP contribution in [-0.4, -0.2) is 53.7 Å². The third-order valence-corrected chi connectivity index (χ3v) is 2.88. The molecule has 0 aliphatic carbocycles. The lowest BCUT2D eigenvalue weighted by Crippen LogP contribution is -2.31. The van der Waals surface area contributed by atoms with Gasteiger partial charge in [-0.2, -0.15) is 0 Å². The van der Waals surface area contributed by atoms with Crippen LogP contribution in [0.5, 0.6) is 0 Å². The molecule has 0 fully saturated rings. The van der Waals surface area contributed by atoms with E-state index in [0.717, 1.165) is 0 Å². The molecule has 0 atom stereocenters. The summed E-state index contributed by atoms with van der Waals surface area (Å²) in [6, 6.07) is 0. The van der Waals surface area contributed by atoms with Crippen molar-refractivity contribution < 1.29 is 17.9 Å². The van der Waals surface area contributed by atoms with Gasteiger partial charge in [0, 0.05) is 19.7 Å². The minimum Gasteiger partial charge on any atom is -0.381 e. The Kier molecular flexibility index (Phi) is 8.92. The van der Waals surface area contributed by atoms with Gasteiger partial charge in [-0.15, -0.1) is 0 Å². The highest BCUT2D eigenvalue weighted by Crippen LogP contribution is 1.85. The summed E-state index contributed by atoms with van der Waals surface area (Å²) in [7, 11) is -3.23. The Morgan fingerprint density at radius 2 is 1.93 bits per heavy atom. The molecule has 0 bridgehead atoms. The minimum absolute atomic E-state index is 0.0161. The van der Waals surface area contributed by atoms with Gasteiger partial charge in [-0.3, -0.25) is 0 Å². The second kappa shape index (κ2) is 9.05. The lowest BCUT2D eigenvalue weighted by Gasteiger charge is -2.06. The van der Waals surface area contributed by atoms with Crippen molar-refractivity contribution in [3.05, 3.63) is 0 Å². The first-order valence-corrected chi connectivity index (χ1v) is 6.60. The Morgan fingerprint density at radius 3 is 2.53 bits per heavy atom. The number of nitrogens with one attached hydrogen (secondary N) is 1. The molecule has 6 nitrogen and oxygen atoms in total. The highest BCUT2D eigenvalue weighted by molar-refractivity contribution is 7.89. The standard InChI is InChI=1S/C8H20N2O4S/c1-2-13-7-8-15(11,12)10-4-6-14-5-3-9/h10H,2-9H2,1H3. The van der Waals surface area contributed by atoms with Gasteiger partial charge in [0.05, 0.1) is 25.6 Å². The Bertz CT molecular complexity index is 231. The normalized spacial score (nSPS) is 11.9. The van der Waals surface area contributed by atoms with Crippen molar-refractivity contribution in [2.75, 3.05) is 45.3 Å². The molecule has 3 N–H and O–H groups in total. The fraction of sp³-hybridized carbons (Fsp3) is 1.00. The van der Waals surface area contributed by atoms with Crippen LogP contribution in [0.25, 0.3) is 0 Å². The molecule has 0 heterocycles. The Balaban J connectivity index is 3.47. The maximum Gasteiger partial charge on any atom is 0.213 e. The van der Waals surface area contributed by atoms with E-state index < -0.39 is 10.0 Å². The fourth-order valence-electron chi connectivity index (χ4n) is 0.840. The summed E-state index contributed by atoms with van der Waals surface area (Å²) in [4.78, 5) is 0. The molecule has 92 valence electrons. The summed E-state index contributed by atoms with van der Waals surface area (Å²) in [6.45, 7) is 4.06. The van der Waals surface area contributed by atoms with Crippen molar-refractivity contribution in [1.29, 1.82) is 0 Å². The third kappa shape index (κ3) is 10.1. The molecule has 0 saturated carbocycles. The molecule has 0 spiro atoms. The first kappa shape index (κ1) is 14.8. The first-order valence-electron chi connectivity index (χ1n) is 4.95. The molecule has 15 heavy (non-hydrogen) atoms. The molecular weight excluding hydrogens is 220 g/mol. The Hall–Kier alpha value is -0.210. The molecule has 0 aliphatic rings. The van der Waals surface area contributed by atoms with E-state index in [2.05, 4.69) is 4.72 Å². The average molecular weight is 240 g/mol. The lowest BCUT2D eigenvalue weighted by molar-refractivity contribution is 0.146. The van der Waals surface area contributed by atoms with Crippen molar-refractivity contribution in [3.8, 4) is 0 Å². The van der Waals surface area contributed by atoms with Crippen LogP contribution >= 0.6 is 0 Å². The monoisotopic (exact) mass is 240 g/mol. The number of hydrogen-bond donors (Lipinski definition) is 2. The van der Waals surface area contributed by atoms with Crippen molar-refractivity contribution >= 4 is 10.0 Å². The molecule has 0 rings (SSSR count). The van der Waals surface area contributed by atoms with Crippen molar-refractivity contribution in [1.82, 2.24) is 4.72 Å². The fourth-order valence-corrected chi connectivity index (χ4v) is 1.72. The molecule has 0 aromatic heterocycles. The van der Waals surface area contributed by atoms with Crippen LogP contribution < -0.4 is 10.5 Å². The maximum absolute atomic E-state index is 11.3. The van der Waals surface area contributed by atoms with E-state index in [1.165, 1.54) is 0 Å². The topological polar surface area (TPSA) is 90.7 Å². The van der Waals surface area contributed by atoms with Gasteiger partial charge in [0.1, 0.15) is 0 Å². The summed E-state index contributed by atoms with van der Waals surface area (Å²) in [5.41, 5.74) is 5.20. The molecule has 0 saturated heterocycles.